The van der Waals surface area contributed by atoms with Crippen molar-refractivity contribution in [1.29, 1.82) is 0 Å². The van der Waals surface area contributed by atoms with Gasteiger partial charge in [0.1, 0.15) is 6.10 Å². The predicted octanol–water partition coefficient (Wildman–Crippen LogP) is 4.86. The van der Waals surface area contributed by atoms with Gasteiger partial charge in [-0.3, -0.25) is 0 Å². The van der Waals surface area contributed by atoms with Crippen LogP contribution in [0.5, 0.6) is 0 Å². The van der Waals surface area contributed by atoms with E-state index in [4.69, 9.17) is 0 Å². The number of aliphatic hydroxyl groups excluding tert-OH is 1. The summed E-state index contributed by atoms with van der Waals surface area (Å²) in [7, 11) is 0. The second-order valence-corrected chi connectivity index (χ2v) is 5.26. The van der Waals surface area contributed by atoms with Gasteiger partial charge in [-0.15, -0.1) is 0 Å². The van der Waals surface area contributed by atoms with E-state index in [1.54, 1.807) is 12.1 Å². The number of benzene rings is 2. The van der Waals surface area contributed by atoms with Crippen molar-refractivity contribution in [2.75, 3.05) is 0 Å². The molecule has 0 saturated heterocycles. The molecule has 1 atom stereocenters. The Morgan fingerprint density at radius 1 is 1.00 bits per heavy atom. The fraction of sp³-hybridized carbons (Fsp3) is 0.200. The summed E-state index contributed by atoms with van der Waals surface area (Å²) < 4.78 is 39.6. The molecule has 106 valence electrons. The van der Waals surface area contributed by atoms with Crippen LogP contribution in [0.1, 0.15) is 28.4 Å². The molecule has 0 aliphatic rings. The molecule has 0 heterocycles. The van der Waals surface area contributed by atoms with Crippen molar-refractivity contribution in [3.63, 3.8) is 0 Å². The van der Waals surface area contributed by atoms with E-state index < -0.39 is 17.8 Å². The fourth-order valence-corrected chi connectivity index (χ4v) is 2.52. The van der Waals surface area contributed by atoms with Crippen molar-refractivity contribution in [2.24, 2.45) is 0 Å². The van der Waals surface area contributed by atoms with Gasteiger partial charge < -0.3 is 5.11 Å². The molecule has 0 amide bonds. The summed E-state index contributed by atoms with van der Waals surface area (Å²) in [4.78, 5) is 0. The third-order valence-corrected chi connectivity index (χ3v) is 4.16. The van der Waals surface area contributed by atoms with Crippen LogP contribution >= 0.6 is 15.9 Å². The largest absolute Gasteiger partial charge is 0.416 e. The molecule has 5 heteroatoms. The summed E-state index contributed by atoms with van der Waals surface area (Å²) in [6.07, 6.45) is -5.82. The highest BCUT2D eigenvalue weighted by molar-refractivity contribution is 9.10. The summed E-state index contributed by atoms with van der Waals surface area (Å²) in [6.45, 7) is 1.82. The number of alkyl halides is 3. The minimum absolute atomic E-state index is 0.147. The van der Waals surface area contributed by atoms with Crippen molar-refractivity contribution in [3.05, 3.63) is 69.2 Å². The Balaban J connectivity index is 2.55. The molecular formula is C15H12BrF3O. The maximum atomic E-state index is 13.0. The van der Waals surface area contributed by atoms with Crippen LogP contribution in [0.25, 0.3) is 0 Å². The molecule has 1 unspecified atom stereocenters. The highest BCUT2D eigenvalue weighted by atomic mass is 79.9. The summed E-state index contributed by atoms with van der Waals surface area (Å²) in [6, 6.07) is 10.2. The van der Waals surface area contributed by atoms with Gasteiger partial charge >= 0.3 is 6.18 Å². The first-order valence-electron chi connectivity index (χ1n) is 5.91. The third-order valence-electron chi connectivity index (χ3n) is 3.08. The van der Waals surface area contributed by atoms with Gasteiger partial charge in [0.05, 0.1) is 5.56 Å². The quantitative estimate of drug-likeness (QED) is 0.824. The topological polar surface area (TPSA) is 20.2 Å². The average molecular weight is 345 g/mol. The molecule has 2 aromatic carbocycles. The van der Waals surface area contributed by atoms with Crippen LogP contribution in [0.4, 0.5) is 13.2 Å². The lowest BCUT2D eigenvalue weighted by atomic mass is 9.95. The zero-order valence-electron chi connectivity index (χ0n) is 10.6. The van der Waals surface area contributed by atoms with E-state index in [0.717, 1.165) is 11.6 Å². The monoisotopic (exact) mass is 344 g/mol. The molecule has 20 heavy (non-hydrogen) atoms. The Hall–Kier alpha value is -1.33. The third kappa shape index (κ3) is 2.88. The lowest BCUT2D eigenvalue weighted by Gasteiger charge is -2.19. The molecule has 0 spiro atoms. The van der Waals surface area contributed by atoms with Crippen LogP contribution < -0.4 is 0 Å². The van der Waals surface area contributed by atoms with E-state index in [1.807, 2.05) is 13.0 Å². The first-order chi connectivity index (χ1) is 9.32. The van der Waals surface area contributed by atoms with Gasteiger partial charge in [0.15, 0.2) is 0 Å². The van der Waals surface area contributed by atoms with Crippen molar-refractivity contribution in [2.45, 2.75) is 19.2 Å². The van der Waals surface area contributed by atoms with Gasteiger partial charge in [-0.05, 0) is 29.7 Å². The zero-order valence-corrected chi connectivity index (χ0v) is 12.2. The van der Waals surface area contributed by atoms with Crippen molar-refractivity contribution >= 4 is 15.9 Å². The number of aryl methyl sites for hydroxylation is 1. The van der Waals surface area contributed by atoms with E-state index in [1.165, 1.54) is 18.2 Å². The highest BCUT2D eigenvalue weighted by Crippen LogP contribution is 2.38. The number of hydrogen-bond acceptors (Lipinski definition) is 1. The molecule has 0 bridgehead atoms. The molecule has 0 aliphatic carbocycles. The molecule has 1 N–H and O–H groups in total. The first kappa shape index (κ1) is 15.1. The Morgan fingerprint density at radius 2 is 1.60 bits per heavy atom. The van der Waals surface area contributed by atoms with Crippen LogP contribution in [0.15, 0.2) is 46.9 Å². The maximum absolute atomic E-state index is 13.0. The van der Waals surface area contributed by atoms with E-state index >= 15 is 0 Å². The van der Waals surface area contributed by atoms with Crippen LogP contribution in [-0.4, -0.2) is 5.11 Å². The van der Waals surface area contributed by atoms with Crippen LogP contribution in [0.2, 0.25) is 0 Å². The van der Waals surface area contributed by atoms with E-state index in [0.29, 0.717) is 10.0 Å². The number of rotatable bonds is 2. The number of halogens is 4. The summed E-state index contributed by atoms with van der Waals surface area (Å²) >= 11 is 3.31. The highest BCUT2D eigenvalue weighted by Gasteiger charge is 2.35. The summed E-state index contributed by atoms with van der Waals surface area (Å²) in [5.41, 5.74) is 0.306. The molecule has 0 aliphatic heterocycles. The second-order valence-electron chi connectivity index (χ2n) is 4.47. The molecular weight excluding hydrogens is 333 g/mol. The van der Waals surface area contributed by atoms with Gasteiger partial charge in [-0.2, -0.15) is 13.2 Å². The van der Waals surface area contributed by atoms with E-state index in [-0.39, 0.29) is 5.56 Å². The van der Waals surface area contributed by atoms with Crippen molar-refractivity contribution in [1.82, 2.24) is 0 Å². The Morgan fingerprint density at radius 3 is 2.25 bits per heavy atom. The van der Waals surface area contributed by atoms with Crippen LogP contribution in [0.3, 0.4) is 0 Å². The number of aliphatic hydroxyl groups is 1. The molecule has 2 aromatic rings. The SMILES string of the molecule is Cc1cccc(C(O)c2ccccc2C(F)(F)F)c1Br. The Kier molecular flexibility index (Phi) is 4.20. The van der Waals surface area contributed by atoms with Crippen molar-refractivity contribution < 1.29 is 18.3 Å². The van der Waals surface area contributed by atoms with Gasteiger partial charge in [-0.1, -0.05) is 52.3 Å². The smallest absolute Gasteiger partial charge is 0.384 e. The molecule has 0 radical (unpaired) electrons. The fourth-order valence-electron chi connectivity index (χ4n) is 2.04. The van der Waals surface area contributed by atoms with E-state index in [2.05, 4.69) is 15.9 Å². The second kappa shape index (κ2) is 5.58. The molecule has 0 aromatic heterocycles. The predicted molar refractivity (Wildman–Crippen MR) is 74.4 cm³/mol. The normalized spacial score (nSPS) is 13.3. The van der Waals surface area contributed by atoms with Gasteiger partial charge in [0, 0.05) is 4.47 Å². The first-order valence-corrected chi connectivity index (χ1v) is 6.71. The maximum Gasteiger partial charge on any atom is 0.416 e. The number of hydrogen-bond donors (Lipinski definition) is 1. The van der Waals surface area contributed by atoms with E-state index in [9.17, 15) is 18.3 Å². The Bertz CT molecular complexity index is 623. The standard InChI is InChI=1S/C15H12BrF3O/c1-9-5-4-7-11(13(9)16)14(20)10-6-2-3-8-12(10)15(17,18)19/h2-8,14,20H,1H3. The summed E-state index contributed by atoms with van der Waals surface area (Å²) in [5.74, 6) is 0. The molecule has 2 rings (SSSR count). The van der Waals surface area contributed by atoms with Crippen molar-refractivity contribution in [3.8, 4) is 0 Å². The summed E-state index contributed by atoms with van der Waals surface area (Å²) in [5, 5.41) is 10.3. The molecule has 1 nitrogen and oxygen atoms in total. The lowest BCUT2D eigenvalue weighted by molar-refractivity contribution is -0.139. The van der Waals surface area contributed by atoms with Gasteiger partial charge in [0.25, 0.3) is 0 Å². The van der Waals surface area contributed by atoms with Crippen LogP contribution in [-0.2, 0) is 6.18 Å². The lowest BCUT2D eigenvalue weighted by Crippen LogP contribution is -2.13. The molecule has 0 fully saturated rings. The minimum atomic E-state index is -4.49. The van der Waals surface area contributed by atoms with Crippen LogP contribution in [0, 0.1) is 6.92 Å². The minimum Gasteiger partial charge on any atom is -0.384 e. The van der Waals surface area contributed by atoms with Gasteiger partial charge in [-0.25, -0.2) is 0 Å². The average Bonchev–Trinajstić information content (AvgIpc) is 2.40. The Labute approximate surface area is 123 Å². The molecule has 0 saturated carbocycles. The zero-order chi connectivity index (χ0) is 14.9. The van der Waals surface area contributed by atoms with Gasteiger partial charge in [0.2, 0.25) is 0 Å².